The Morgan fingerprint density at radius 1 is 1.12 bits per heavy atom. The zero-order chi connectivity index (χ0) is 17.8. The predicted molar refractivity (Wildman–Crippen MR) is 89.3 cm³/mol. The van der Waals surface area contributed by atoms with Crippen LogP contribution in [-0.4, -0.2) is 56.7 Å². The molecule has 0 bridgehead atoms. The average molecular weight is 340 g/mol. The minimum Gasteiger partial charge on any atom is -0.466 e. The summed E-state index contributed by atoms with van der Waals surface area (Å²) in [6.45, 7) is 1.41. The van der Waals surface area contributed by atoms with Crippen molar-refractivity contribution in [3.63, 3.8) is 0 Å². The van der Waals surface area contributed by atoms with E-state index in [-0.39, 0.29) is 12.6 Å². The van der Waals surface area contributed by atoms with Crippen LogP contribution in [0.1, 0.15) is 38.5 Å². The fraction of sp³-hybridized carbons (Fsp3) is 0.706. The van der Waals surface area contributed by atoms with E-state index in [9.17, 15) is 14.4 Å². The number of ether oxygens (including phenoxy) is 2. The van der Waals surface area contributed by atoms with Crippen molar-refractivity contribution in [2.45, 2.75) is 38.5 Å². The summed E-state index contributed by atoms with van der Waals surface area (Å²) in [5, 5.41) is 2.96. The number of carbonyl (C=O) groups is 3. The topological polar surface area (TPSA) is 84.9 Å². The van der Waals surface area contributed by atoms with Crippen LogP contribution in [0.25, 0.3) is 0 Å². The zero-order valence-corrected chi connectivity index (χ0v) is 14.6. The predicted octanol–water partition coefficient (Wildman–Crippen LogP) is 1.87. The highest BCUT2D eigenvalue weighted by Gasteiger charge is 2.15. The Bertz CT molecular complexity index is 444. The van der Waals surface area contributed by atoms with Gasteiger partial charge in [-0.1, -0.05) is 19.3 Å². The fourth-order valence-electron chi connectivity index (χ4n) is 2.59. The van der Waals surface area contributed by atoms with Crippen LogP contribution in [0.4, 0.5) is 4.79 Å². The molecule has 1 rings (SSSR count). The summed E-state index contributed by atoms with van der Waals surface area (Å²) in [5.41, 5.74) is 0. The minimum absolute atomic E-state index is 0.0995. The van der Waals surface area contributed by atoms with E-state index in [1.807, 2.05) is 0 Å². The van der Waals surface area contributed by atoms with E-state index >= 15 is 0 Å². The first-order chi connectivity index (χ1) is 11.5. The van der Waals surface area contributed by atoms with Crippen LogP contribution in [0.2, 0.25) is 0 Å². The first kappa shape index (κ1) is 20.0. The van der Waals surface area contributed by atoms with Gasteiger partial charge in [0, 0.05) is 32.3 Å². The van der Waals surface area contributed by atoms with E-state index in [0.717, 1.165) is 18.7 Å². The molecule has 0 aromatic rings. The van der Waals surface area contributed by atoms with Gasteiger partial charge in [-0.2, -0.15) is 0 Å². The molecule has 0 spiro atoms. The number of rotatable bonds is 8. The summed E-state index contributed by atoms with van der Waals surface area (Å²) in [5.74, 6) is -0.621. The van der Waals surface area contributed by atoms with Crippen LogP contribution in [0.15, 0.2) is 12.2 Å². The number of esters is 2. The molecular weight excluding hydrogens is 312 g/mol. The summed E-state index contributed by atoms with van der Waals surface area (Å²) in [6.07, 6.45) is 8.76. The summed E-state index contributed by atoms with van der Waals surface area (Å²) in [4.78, 5) is 35.7. The first-order valence-corrected chi connectivity index (χ1v) is 8.44. The molecular formula is C17H28N2O5. The van der Waals surface area contributed by atoms with Crippen molar-refractivity contribution in [2.24, 2.45) is 5.92 Å². The summed E-state index contributed by atoms with van der Waals surface area (Å²) >= 11 is 0. The van der Waals surface area contributed by atoms with Gasteiger partial charge in [0.25, 0.3) is 0 Å². The summed E-state index contributed by atoms with van der Waals surface area (Å²) in [6, 6.07) is -0.0995. The third kappa shape index (κ3) is 8.55. The Hall–Kier alpha value is -2.05. The highest BCUT2D eigenvalue weighted by atomic mass is 16.5. The van der Waals surface area contributed by atoms with E-state index in [0.29, 0.717) is 18.9 Å². The Kier molecular flexibility index (Phi) is 9.56. The van der Waals surface area contributed by atoms with Crippen molar-refractivity contribution in [1.29, 1.82) is 0 Å². The maximum atomic E-state index is 12.0. The molecule has 7 heteroatoms. The smallest absolute Gasteiger partial charge is 0.331 e. The molecule has 1 fully saturated rings. The van der Waals surface area contributed by atoms with Gasteiger partial charge in [-0.3, -0.25) is 0 Å². The molecule has 1 aliphatic rings. The normalized spacial score (nSPS) is 15.1. The molecule has 0 unspecified atom stereocenters. The molecule has 0 saturated heterocycles. The van der Waals surface area contributed by atoms with E-state index < -0.39 is 11.9 Å². The number of urea groups is 1. The standard InChI is InChI=1S/C17H28N2O5/c1-19(17(22)18-13-14-7-4-3-5-8-14)11-6-12-24-16(21)10-9-15(20)23-2/h9-10,14H,3-8,11-13H2,1-2H3,(H,18,22)/b10-9+. The Morgan fingerprint density at radius 3 is 2.46 bits per heavy atom. The molecule has 1 N–H and O–H groups in total. The van der Waals surface area contributed by atoms with E-state index in [2.05, 4.69) is 10.1 Å². The number of amides is 2. The van der Waals surface area contributed by atoms with Gasteiger partial charge < -0.3 is 19.7 Å². The Labute approximate surface area is 143 Å². The van der Waals surface area contributed by atoms with Crippen LogP contribution in [0.3, 0.4) is 0 Å². The number of carbonyl (C=O) groups excluding carboxylic acids is 3. The molecule has 0 heterocycles. The van der Waals surface area contributed by atoms with Crippen molar-refractivity contribution >= 4 is 18.0 Å². The van der Waals surface area contributed by atoms with E-state index in [1.54, 1.807) is 11.9 Å². The second-order valence-electron chi connectivity index (χ2n) is 5.99. The lowest BCUT2D eigenvalue weighted by atomic mass is 9.89. The molecule has 0 aromatic heterocycles. The largest absolute Gasteiger partial charge is 0.466 e. The fourth-order valence-corrected chi connectivity index (χ4v) is 2.59. The SMILES string of the molecule is COC(=O)/C=C/C(=O)OCCCN(C)C(=O)NCC1CCCCC1. The third-order valence-electron chi connectivity index (χ3n) is 4.05. The van der Waals surface area contributed by atoms with Gasteiger partial charge in [0.15, 0.2) is 0 Å². The van der Waals surface area contributed by atoms with Crippen molar-refractivity contribution in [2.75, 3.05) is 33.9 Å². The molecule has 0 radical (unpaired) electrons. The van der Waals surface area contributed by atoms with Crippen molar-refractivity contribution in [3.05, 3.63) is 12.2 Å². The van der Waals surface area contributed by atoms with Crippen LogP contribution < -0.4 is 5.32 Å². The Morgan fingerprint density at radius 2 is 1.79 bits per heavy atom. The van der Waals surface area contributed by atoms with Gasteiger partial charge in [0.05, 0.1) is 13.7 Å². The summed E-state index contributed by atoms with van der Waals surface area (Å²) < 4.78 is 9.30. The van der Waals surface area contributed by atoms with Crippen LogP contribution in [-0.2, 0) is 19.1 Å². The Balaban J connectivity index is 2.10. The van der Waals surface area contributed by atoms with Gasteiger partial charge in [0.1, 0.15) is 0 Å². The molecule has 1 saturated carbocycles. The van der Waals surface area contributed by atoms with Crippen LogP contribution in [0, 0.1) is 5.92 Å². The molecule has 1 aliphatic carbocycles. The highest BCUT2D eigenvalue weighted by molar-refractivity contribution is 5.91. The maximum absolute atomic E-state index is 12.0. The van der Waals surface area contributed by atoms with Gasteiger partial charge in [-0.15, -0.1) is 0 Å². The molecule has 2 amide bonds. The number of methoxy groups -OCH3 is 1. The number of nitrogens with one attached hydrogen (secondary N) is 1. The second-order valence-corrected chi connectivity index (χ2v) is 5.99. The lowest BCUT2D eigenvalue weighted by Crippen LogP contribution is -2.40. The van der Waals surface area contributed by atoms with Crippen LogP contribution >= 0.6 is 0 Å². The van der Waals surface area contributed by atoms with E-state index in [1.165, 1.54) is 39.2 Å². The molecule has 24 heavy (non-hydrogen) atoms. The molecule has 136 valence electrons. The van der Waals surface area contributed by atoms with Crippen molar-refractivity contribution in [3.8, 4) is 0 Å². The number of nitrogens with zero attached hydrogens (tertiary/aromatic N) is 1. The van der Waals surface area contributed by atoms with Gasteiger partial charge in [0.2, 0.25) is 0 Å². The van der Waals surface area contributed by atoms with Gasteiger partial charge in [-0.05, 0) is 25.2 Å². The molecule has 7 nitrogen and oxygen atoms in total. The van der Waals surface area contributed by atoms with Crippen molar-refractivity contribution < 1.29 is 23.9 Å². The summed E-state index contributed by atoms with van der Waals surface area (Å²) in [7, 11) is 2.95. The zero-order valence-electron chi connectivity index (χ0n) is 14.6. The van der Waals surface area contributed by atoms with E-state index in [4.69, 9.17) is 4.74 Å². The lowest BCUT2D eigenvalue weighted by molar-refractivity contribution is -0.139. The third-order valence-corrected chi connectivity index (χ3v) is 4.05. The number of hydrogen-bond donors (Lipinski definition) is 1. The number of hydrogen-bond acceptors (Lipinski definition) is 5. The quantitative estimate of drug-likeness (QED) is 0.414. The lowest BCUT2D eigenvalue weighted by Gasteiger charge is -2.24. The highest BCUT2D eigenvalue weighted by Crippen LogP contribution is 2.22. The molecule has 0 aliphatic heterocycles. The van der Waals surface area contributed by atoms with Gasteiger partial charge >= 0.3 is 18.0 Å². The maximum Gasteiger partial charge on any atom is 0.331 e. The van der Waals surface area contributed by atoms with Crippen molar-refractivity contribution in [1.82, 2.24) is 10.2 Å². The first-order valence-electron chi connectivity index (χ1n) is 8.44. The second kappa shape index (κ2) is 11.5. The monoisotopic (exact) mass is 340 g/mol. The average Bonchev–Trinajstić information content (AvgIpc) is 2.61. The molecule has 0 atom stereocenters. The minimum atomic E-state index is -0.610. The van der Waals surface area contributed by atoms with Gasteiger partial charge in [-0.25, -0.2) is 14.4 Å². The van der Waals surface area contributed by atoms with Crippen LogP contribution in [0.5, 0.6) is 0 Å². The molecule has 0 aromatic carbocycles.